The summed E-state index contributed by atoms with van der Waals surface area (Å²) in [4.78, 5) is 2.76. The minimum Gasteiger partial charge on any atom is -0.316 e. The van der Waals surface area contributed by atoms with E-state index in [-0.39, 0.29) is 0 Å². The molecule has 0 radical (unpaired) electrons. The standard InChI is InChI=1S/C18H26N2/c1-2-5-15(6-3-1)17-14-19-10-8-18(17)9-12-20-11-4-7-16(20)13-18/h1-3,5-6,16-17,19H,4,7-14H2. The molecule has 1 N–H and O–H groups in total. The van der Waals surface area contributed by atoms with Crippen LogP contribution in [0.1, 0.15) is 43.6 Å². The highest BCUT2D eigenvalue weighted by molar-refractivity contribution is 5.24. The van der Waals surface area contributed by atoms with Crippen molar-refractivity contribution in [3.8, 4) is 0 Å². The van der Waals surface area contributed by atoms with Crippen molar-refractivity contribution in [2.45, 2.75) is 44.1 Å². The van der Waals surface area contributed by atoms with Crippen LogP contribution in [0.25, 0.3) is 0 Å². The van der Waals surface area contributed by atoms with Crippen molar-refractivity contribution in [1.82, 2.24) is 10.2 Å². The topological polar surface area (TPSA) is 15.3 Å². The van der Waals surface area contributed by atoms with Crippen molar-refractivity contribution in [3.05, 3.63) is 35.9 Å². The van der Waals surface area contributed by atoms with E-state index in [0.717, 1.165) is 12.0 Å². The number of nitrogens with one attached hydrogen (secondary N) is 1. The second-order valence-electron chi connectivity index (χ2n) is 7.07. The molecule has 3 fully saturated rings. The van der Waals surface area contributed by atoms with Crippen LogP contribution in [-0.4, -0.2) is 37.1 Å². The molecular weight excluding hydrogens is 244 g/mol. The number of fused-ring (bicyclic) bond motifs is 1. The maximum atomic E-state index is 3.65. The zero-order chi connectivity index (χ0) is 13.4. The van der Waals surface area contributed by atoms with Gasteiger partial charge in [0.05, 0.1) is 0 Å². The van der Waals surface area contributed by atoms with Crippen LogP contribution in [0.5, 0.6) is 0 Å². The van der Waals surface area contributed by atoms with E-state index >= 15 is 0 Å². The molecule has 1 aromatic rings. The fourth-order valence-electron chi connectivity index (χ4n) is 5.03. The minimum absolute atomic E-state index is 0.568. The Morgan fingerprint density at radius 3 is 2.90 bits per heavy atom. The van der Waals surface area contributed by atoms with Crippen LogP contribution in [0.3, 0.4) is 0 Å². The Bertz CT molecular complexity index is 458. The van der Waals surface area contributed by atoms with Crippen molar-refractivity contribution in [3.63, 3.8) is 0 Å². The van der Waals surface area contributed by atoms with Gasteiger partial charge in [0.1, 0.15) is 0 Å². The average molecular weight is 270 g/mol. The molecule has 108 valence electrons. The summed E-state index contributed by atoms with van der Waals surface area (Å²) in [6, 6.07) is 12.1. The third-order valence-corrected chi connectivity index (χ3v) is 6.13. The highest BCUT2D eigenvalue weighted by Gasteiger charge is 2.47. The number of piperidine rings is 2. The molecule has 1 spiro atoms. The van der Waals surface area contributed by atoms with Crippen molar-refractivity contribution in [1.29, 1.82) is 0 Å². The minimum atomic E-state index is 0.568. The van der Waals surface area contributed by atoms with Gasteiger partial charge in [0.15, 0.2) is 0 Å². The van der Waals surface area contributed by atoms with Gasteiger partial charge < -0.3 is 10.2 Å². The summed E-state index contributed by atoms with van der Waals surface area (Å²) in [6.07, 6.45) is 7.08. The predicted octanol–water partition coefficient (Wildman–Crippen LogP) is 3.01. The van der Waals surface area contributed by atoms with Gasteiger partial charge in [0.2, 0.25) is 0 Å². The molecule has 20 heavy (non-hydrogen) atoms. The quantitative estimate of drug-likeness (QED) is 0.844. The fourth-order valence-corrected chi connectivity index (χ4v) is 5.03. The van der Waals surface area contributed by atoms with Gasteiger partial charge in [0.25, 0.3) is 0 Å². The first kappa shape index (κ1) is 12.8. The molecule has 3 heterocycles. The van der Waals surface area contributed by atoms with Gasteiger partial charge in [-0.05, 0) is 62.7 Å². The van der Waals surface area contributed by atoms with Crippen LogP contribution < -0.4 is 5.32 Å². The molecule has 4 rings (SSSR count). The van der Waals surface area contributed by atoms with Gasteiger partial charge in [-0.15, -0.1) is 0 Å². The molecule has 1 aromatic carbocycles. The molecule has 3 aliphatic rings. The van der Waals surface area contributed by atoms with E-state index in [0.29, 0.717) is 5.41 Å². The van der Waals surface area contributed by atoms with Gasteiger partial charge in [-0.3, -0.25) is 0 Å². The first-order valence-electron chi connectivity index (χ1n) is 8.37. The second kappa shape index (κ2) is 5.16. The lowest BCUT2D eigenvalue weighted by Gasteiger charge is -2.51. The molecule has 3 atom stereocenters. The van der Waals surface area contributed by atoms with Crippen LogP contribution in [0, 0.1) is 5.41 Å². The highest BCUT2D eigenvalue weighted by atomic mass is 15.2. The highest BCUT2D eigenvalue weighted by Crippen LogP contribution is 2.51. The number of hydrogen-bond acceptors (Lipinski definition) is 2. The molecule has 3 unspecified atom stereocenters. The lowest BCUT2D eigenvalue weighted by atomic mass is 9.61. The molecule has 3 saturated heterocycles. The van der Waals surface area contributed by atoms with Crippen LogP contribution in [-0.2, 0) is 0 Å². The van der Waals surface area contributed by atoms with Gasteiger partial charge in [-0.2, -0.15) is 0 Å². The number of rotatable bonds is 1. The zero-order valence-corrected chi connectivity index (χ0v) is 12.4. The first-order valence-corrected chi connectivity index (χ1v) is 8.37. The van der Waals surface area contributed by atoms with Crippen LogP contribution in [0.15, 0.2) is 30.3 Å². The molecule has 0 aliphatic carbocycles. The third kappa shape index (κ3) is 2.10. The summed E-state index contributed by atoms with van der Waals surface area (Å²) in [5.41, 5.74) is 2.13. The van der Waals surface area contributed by atoms with Crippen molar-refractivity contribution >= 4 is 0 Å². The monoisotopic (exact) mass is 270 g/mol. The van der Waals surface area contributed by atoms with Gasteiger partial charge >= 0.3 is 0 Å². The largest absolute Gasteiger partial charge is 0.316 e. The van der Waals surface area contributed by atoms with Gasteiger partial charge in [0, 0.05) is 18.5 Å². The van der Waals surface area contributed by atoms with Crippen LogP contribution >= 0.6 is 0 Å². The summed E-state index contributed by atoms with van der Waals surface area (Å²) in [5, 5.41) is 3.65. The van der Waals surface area contributed by atoms with Crippen LogP contribution in [0.4, 0.5) is 0 Å². The third-order valence-electron chi connectivity index (χ3n) is 6.13. The summed E-state index contributed by atoms with van der Waals surface area (Å²) in [7, 11) is 0. The average Bonchev–Trinajstić information content (AvgIpc) is 2.96. The number of hydrogen-bond donors (Lipinski definition) is 1. The Hall–Kier alpha value is -0.860. The summed E-state index contributed by atoms with van der Waals surface area (Å²) in [6.45, 7) is 5.09. The Morgan fingerprint density at radius 1 is 1.10 bits per heavy atom. The number of nitrogens with zero attached hydrogens (tertiary/aromatic N) is 1. The molecule has 2 heteroatoms. The van der Waals surface area contributed by atoms with Crippen LogP contribution in [0.2, 0.25) is 0 Å². The lowest BCUT2D eigenvalue weighted by molar-refractivity contribution is 0.0319. The van der Waals surface area contributed by atoms with Gasteiger partial charge in [-0.1, -0.05) is 30.3 Å². The second-order valence-corrected chi connectivity index (χ2v) is 7.07. The van der Waals surface area contributed by atoms with Crippen molar-refractivity contribution < 1.29 is 0 Å². The maximum Gasteiger partial charge on any atom is 0.0101 e. The first-order chi connectivity index (χ1) is 9.87. The molecular formula is C18H26N2. The van der Waals surface area contributed by atoms with Crippen molar-refractivity contribution in [2.24, 2.45) is 5.41 Å². The molecule has 0 saturated carbocycles. The molecule has 0 bridgehead atoms. The Balaban J connectivity index is 1.63. The van der Waals surface area contributed by atoms with Gasteiger partial charge in [-0.25, -0.2) is 0 Å². The Morgan fingerprint density at radius 2 is 2.00 bits per heavy atom. The summed E-state index contributed by atoms with van der Waals surface area (Å²) < 4.78 is 0. The SMILES string of the molecule is c1ccc(C2CNCCC23CCN2CCCC2C3)cc1. The molecule has 3 aliphatic heterocycles. The smallest absolute Gasteiger partial charge is 0.0101 e. The summed E-state index contributed by atoms with van der Waals surface area (Å²) in [5.74, 6) is 0.722. The molecule has 0 aromatic heterocycles. The maximum absolute atomic E-state index is 3.65. The van der Waals surface area contributed by atoms with E-state index in [1.54, 1.807) is 5.56 Å². The molecule has 2 nitrogen and oxygen atoms in total. The van der Waals surface area contributed by atoms with E-state index in [1.807, 2.05) is 0 Å². The Kier molecular flexibility index (Phi) is 3.31. The zero-order valence-electron chi connectivity index (χ0n) is 12.4. The van der Waals surface area contributed by atoms with E-state index in [2.05, 4.69) is 40.5 Å². The Labute approximate surface area is 122 Å². The van der Waals surface area contributed by atoms with E-state index in [1.165, 1.54) is 58.3 Å². The summed E-state index contributed by atoms with van der Waals surface area (Å²) >= 11 is 0. The normalized spacial score (nSPS) is 38.0. The van der Waals surface area contributed by atoms with E-state index < -0.39 is 0 Å². The lowest BCUT2D eigenvalue weighted by Crippen LogP contribution is -2.52. The van der Waals surface area contributed by atoms with E-state index in [4.69, 9.17) is 0 Å². The number of benzene rings is 1. The molecule has 0 amide bonds. The predicted molar refractivity (Wildman–Crippen MR) is 82.9 cm³/mol. The van der Waals surface area contributed by atoms with Crippen molar-refractivity contribution in [2.75, 3.05) is 26.2 Å². The fraction of sp³-hybridized carbons (Fsp3) is 0.667. The van der Waals surface area contributed by atoms with E-state index in [9.17, 15) is 0 Å².